The fourth-order valence-electron chi connectivity index (χ4n) is 5.27. The number of benzene rings is 1. The molecule has 2 aliphatic rings. The molecule has 1 fully saturated rings. The summed E-state index contributed by atoms with van der Waals surface area (Å²) in [6.45, 7) is 4.68. The van der Waals surface area contributed by atoms with Gasteiger partial charge in [-0.05, 0) is 72.9 Å². The van der Waals surface area contributed by atoms with Crippen LogP contribution in [0, 0.1) is 11.7 Å². The first-order chi connectivity index (χ1) is 17.4. The minimum absolute atomic E-state index is 0. The smallest absolute Gasteiger partial charge is 0.307 e. The second kappa shape index (κ2) is 9.37. The number of carboxylic acids is 1. The molecule has 1 N–H and O–H groups in total. The maximum absolute atomic E-state index is 15.1. The standard InChI is InChI=1S/C27H25FN4O3S.CH4/c1-3-16-11-23(26(33)31-8-6-24-17(14(31)2)7-9-36-24)29-25-13-22(30-32(16)25)18-5-4-15(10-21(18)28)19-12-20(19)27(34)35;/h4-5,7,9-11,13-14,19-20H,3,6,8,12H2,1-2H3,(H,34,35);1H4/t14?,19?,20-;/m1./s1. The molecule has 0 bridgehead atoms. The van der Waals surface area contributed by atoms with Gasteiger partial charge >= 0.3 is 5.97 Å². The fraction of sp³-hybridized carbons (Fsp3) is 0.357. The van der Waals surface area contributed by atoms with E-state index in [1.807, 2.05) is 18.7 Å². The van der Waals surface area contributed by atoms with Crippen LogP contribution in [0.2, 0.25) is 0 Å². The summed E-state index contributed by atoms with van der Waals surface area (Å²) in [5.41, 5.74) is 4.30. The van der Waals surface area contributed by atoms with Gasteiger partial charge in [0.15, 0.2) is 5.65 Å². The Kier molecular flexibility index (Phi) is 6.35. The average molecular weight is 521 g/mol. The number of nitrogens with zero attached hydrogens (tertiary/aromatic N) is 4. The molecule has 1 amide bonds. The third kappa shape index (κ3) is 4.21. The number of carboxylic acid groups (broad SMARTS) is 1. The number of halogens is 1. The molecule has 7 nitrogen and oxygen atoms in total. The van der Waals surface area contributed by atoms with Crippen LogP contribution in [-0.4, -0.2) is 43.0 Å². The highest BCUT2D eigenvalue weighted by Crippen LogP contribution is 2.48. The van der Waals surface area contributed by atoms with Crippen molar-refractivity contribution in [3.63, 3.8) is 0 Å². The highest BCUT2D eigenvalue weighted by molar-refractivity contribution is 7.10. The molecule has 0 radical (unpaired) electrons. The molecule has 3 atom stereocenters. The largest absolute Gasteiger partial charge is 0.481 e. The van der Waals surface area contributed by atoms with Crippen LogP contribution in [-0.2, 0) is 17.6 Å². The van der Waals surface area contributed by atoms with E-state index in [1.165, 1.54) is 16.5 Å². The highest BCUT2D eigenvalue weighted by Gasteiger charge is 2.44. The van der Waals surface area contributed by atoms with Crippen LogP contribution in [0.15, 0.2) is 41.8 Å². The van der Waals surface area contributed by atoms with Gasteiger partial charge in [0.2, 0.25) is 0 Å². The molecule has 3 aromatic heterocycles. The minimum atomic E-state index is -0.844. The number of rotatable bonds is 5. The van der Waals surface area contributed by atoms with Crippen molar-refractivity contribution in [2.45, 2.75) is 52.5 Å². The summed E-state index contributed by atoms with van der Waals surface area (Å²) >= 11 is 1.73. The lowest BCUT2D eigenvalue weighted by Gasteiger charge is -2.33. The second-order valence-electron chi connectivity index (χ2n) is 9.54. The Morgan fingerprint density at radius 1 is 1.22 bits per heavy atom. The van der Waals surface area contributed by atoms with Crippen molar-refractivity contribution >= 4 is 28.9 Å². The summed E-state index contributed by atoms with van der Waals surface area (Å²) in [6, 6.07) is 10.4. The van der Waals surface area contributed by atoms with Gasteiger partial charge in [-0.25, -0.2) is 13.9 Å². The summed E-state index contributed by atoms with van der Waals surface area (Å²) in [7, 11) is 0. The lowest BCUT2D eigenvalue weighted by atomic mass is 10.0. The predicted molar refractivity (Wildman–Crippen MR) is 140 cm³/mol. The lowest BCUT2D eigenvalue weighted by molar-refractivity contribution is -0.138. The normalized spacial score (nSPS) is 20.4. The summed E-state index contributed by atoms with van der Waals surface area (Å²) in [5.74, 6) is -1.99. The SMILES string of the molecule is C.CCc1cc(C(=O)N2CCc3sccc3C2C)nc2cc(-c3ccc(C4C[C@H]4C(=O)O)cc3F)nn12. The van der Waals surface area contributed by atoms with Gasteiger partial charge in [-0.1, -0.05) is 20.4 Å². The first-order valence-corrected chi connectivity index (χ1v) is 13.0. The molecule has 1 aromatic carbocycles. The van der Waals surface area contributed by atoms with E-state index < -0.39 is 17.7 Å². The Morgan fingerprint density at radius 3 is 2.73 bits per heavy atom. The molecule has 0 spiro atoms. The van der Waals surface area contributed by atoms with Crippen molar-refractivity contribution in [2.24, 2.45) is 5.92 Å². The third-order valence-electron chi connectivity index (χ3n) is 7.43. The minimum Gasteiger partial charge on any atom is -0.481 e. The number of thiophene rings is 1. The molecule has 4 heterocycles. The van der Waals surface area contributed by atoms with Gasteiger partial charge in [0.05, 0.1) is 17.7 Å². The van der Waals surface area contributed by atoms with Crippen molar-refractivity contribution in [1.29, 1.82) is 0 Å². The van der Waals surface area contributed by atoms with Gasteiger partial charge < -0.3 is 10.0 Å². The van der Waals surface area contributed by atoms with Crippen LogP contribution in [0.5, 0.6) is 0 Å². The fourth-order valence-corrected chi connectivity index (χ4v) is 6.23. The van der Waals surface area contributed by atoms with Crippen LogP contribution >= 0.6 is 11.3 Å². The van der Waals surface area contributed by atoms with Crippen molar-refractivity contribution in [1.82, 2.24) is 19.5 Å². The Labute approximate surface area is 218 Å². The molecule has 0 saturated heterocycles. The van der Waals surface area contributed by atoms with E-state index in [0.29, 0.717) is 47.5 Å². The van der Waals surface area contributed by atoms with Crippen LogP contribution in [0.1, 0.15) is 71.8 Å². The lowest BCUT2D eigenvalue weighted by Crippen LogP contribution is -2.38. The van der Waals surface area contributed by atoms with Gasteiger partial charge in [0.25, 0.3) is 5.91 Å². The quantitative estimate of drug-likeness (QED) is 0.362. The zero-order valence-corrected chi connectivity index (χ0v) is 20.8. The number of fused-ring (bicyclic) bond motifs is 2. The summed E-state index contributed by atoms with van der Waals surface area (Å²) in [4.78, 5) is 32.5. The Balaban J connectivity index is 0.00000280. The van der Waals surface area contributed by atoms with E-state index in [4.69, 9.17) is 5.11 Å². The number of carbonyl (C=O) groups excluding carboxylic acids is 1. The van der Waals surface area contributed by atoms with E-state index in [0.717, 1.165) is 12.1 Å². The molecule has 9 heteroatoms. The molecule has 1 aliphatic heterocycles. The van der Waals surface area contributed by atoms with Crippen LogP contribution < -0.4 is 0 Å². The van der Waals surface area contributed by atoms with Gasteiger partial charge in [-0.2, -0.15) is 5.10 Å². The molecule has 192 valence electrons. The number of hydrogen-bond acceptors (Lipinski definition) is 5. The molecular formula is C28H29FN4O3S. The number of carbonyl (C=O) groups is 2. The highest BCUT2D eigenvalue weighted by atomic mass is 32.1. The topological polar surface area (TPSA) is 87.8 Å². The van der Waals surface area contributed by atoms with Crippen molar-refractivity contribution in [3.05, 3.63) is 75.0 Å². The van der Waals surface area contributed by atoms with Gasteiger partial charge in [-0.15, -0.1) is 11.3 Å². The molecular weight excluding hydrogens is 491 g/mol. The molecule has 2 unspecified atom stereocenters. The third-order valence-corrected chi connectivity index (χ3v) is 8.42. The monoisotopic (exact) mass is 520 g/mol. The number of aromatic nitrogens is 3. The van der Waals surface area contributed by atoms with E-state index in [1.54, 1.807) is 40.1 Å². The van der Waals surface area contributed by atoms with Crippen LogP contribution in [0.4, 0.5) is 4.39 Å². The Bertz CT molecular complexity index is 1530. The van der Waals surface area contributed by atoms with Crippen molar-refractivity contribution < 1.29 is 19.1 Å². The number of amides is 1. The van der Waals surface area contributed by atoms with Crippen LogP contribution in [0.3, 0.4) is 0 Å². The van der Waals surface area contributed by atoms with Crippen molar-refractivity contribution in [2.75, 3.05) is 6.54 Å². The first-order valence-electron chi connectivity index (χ1n) is 12.1. The summed E-state index contributed by atoms with van der Waals surface area (Å²) in [5, 5.41) is 15.8. The van der Waals surface area contributed by atoms with Crippen molar-refractivity contribution in [3.8, 4) is 11.3 Å². The van der Waals surface area contributed by atoms with Crippen LogP contribution in [0.25, 0.3) is 16.9 Å². The summed E-state index contributed by atoms with van der Waals surface area (Å²) < 4.78 is 16.7. The maximum atomic E-state index is 15.1. The van der Waals surface area contributed by atoms with Gasteiger partial charge in [0, 0.05) is 28.7 Å². The zero-order valence-electron chi connectivity index (χ0n) is 19.9. The number of aryl methyl sites for hydroxylation is 1. The molecule has 1 saturated carbocycles. The zero-order chi connectivity index (χ0) is 25.1. The van der Waals surface area contributed by atoms with E-state index in [9.17, 15) is 9.59 Å². The maximum Gasteiger partial charge on any atom is 0.307 e. The first kappa shape index (κ1) is 25.1. The average Bonchev–Trinajstić information content (AvgIpc) is 3.33. The van der Waals surface area contributed by atoms with E-state index >= 15 is 4.39 Å². The van der Waals surface area contributed by atoms with Gasteiger partial charge in [0.1, 0.15) is 11.5 Å². The Morgan fingerprint density at radius 2 is 2.03 bits per heavy atom. The summed E-state index contributed by atoms with van der Waals surface area (Å²) in [6.07, 6.45) is 2.00. The number of hydrogen-bond donors (Lipinski definition) is 1. The second-order valence-corrected chi connectivity index (χ2v) is 10.5. The van der Waals surface area contributed by atoms with E-state index in [-0.39, 0.29) is 25.3 Å². The van der Waals surface area contributed by atoms with E-state index in [2.05, 4.69) is 21.5 Å². The molecule has 1 aliphatic carbocycles. The van der Waals surface area contributed by atoms with Gasteiger partial charge in [-0.3, -0.25) is 9.59 Å². The predicted octanol–water partition coefficient (Wildman–Crippen LogP) is 5.74. The Hall–Kier alpha value is -3.59. The molecule has 4 aromatic rings. The molecule has 6 rings (SSSR count). The molecule has 37 heavy (non-hydrogen) atoms. The number of aliphatic carboxylic acids is 1.